The van der Waals surface area contributed by atoms with Gasteiger partial charge in [0.25, 0.3) is 0 Å². The number of piperidine rings is 1. The van der Waals surface area contributed by atoms with Gasteiger partial charge in [-0.1, -0.05) is 6.07 Å². The van der Waals surface area contributed by atoms with Crippen LogP contribution < -0.4 is 5.32 Å². The number of rotatable bonds is 3. The fourth-order valence-corrected chi connectivity index (χ4v) is 4.04. The van der Waals surface area contributed by atoms with Crippen molar-refractivity contribution in [3.63, 3.8) is 0 Å². The Labute approximate surface area is 152 Å². The number of carbonyl (C=O) groups excluding carboxylic acids is 1. The lowest BCUT2D eigenvalue weighted by molar-refractivity contribution is 0.151. The summed E-state index contributed by atoms with van der Waals surface area (Å²) in [5, 5.41) is 2.91. The minimum Gasteiger partial charge on any atom is -0.320 e. The Morgan fingerprint density at radius 1 is 1.15 bits per heavy atom. The normalized spacial score (nSPS) is 22.9. The number of nitrogens with one attached hydrogen (secondary N) is 1. The second-order valence-electron chi connectivity index (χ2n) is 7.24. The van der Waals surface area contributed by atoms with E-state index in [0.29, 0.717) is 11.6 Å². The highest BCUT2D eigenvalue weighted by molar-refractivity contribution is 5.89. The molecule has 1 N–H and O–H groups in total. The monoisotopic (exact) mass is 354 g/mol. The summed E-state index contributed by atoms with van der Waals surface area (Å²) < 4.78 is 13.0. The number of benzene rings is 1. The summed E-state index contributed by atoms with van der Waals surface area (Å²) >= 11 is 0. The predicted octanol–water partition coefficient (Wildman–Crippen LogP) is 3.35. The number of hydrogen-bond acceptors (Lipinski definition) is 3. The molecule has 1 aromatic carbocycles. The van der Waals surface area contributed by atoms with E-state index in [1.165, 1.54) is 17.7 Å². The van der Waals surface area contributed by atoms with Crippen LogP contribution in [-0.2, 0) is 6.54 Å². The topological polar surface area (TPSA) is 48.5 Å². The van der Waals surface area contributed by atoms with Crippen LogP contribution >= 0.6 is 0 Å². The first-order chi connectivity index (χ1) is 12.7. The maximum Gasteiger partial charge on any atom is 0.322 e. The molecule has 6 heteroatoms. The van der Waals surface area contributed by atoms with Crippen molar-refractivity contribution in [2.45, 2.75) is 25.4 Å². The van der Waals surface area contributed by atoms with Crippen molar-refractivity contribution in [3.8, 4) is 0 Å². The number of carbonyl (C=O) groups is 1. The van der Waals surface area contributed by atoms with E-state index in [-0.39, 0.29) is 17.9 Å². The van der Waals surface area contributed by atoms with Gasteiger partial charge in [-0.2, -0.15) is 0 Å². The summed E-state index contributed by atoms with van der Waals surface area (Å²) in [6.45, 7) is 3.53. The van der Waals surface area contributed by atoms with Gasteiger partial charge in [-0.25, -0.2) is 9.18 Å². The summed E-state index contributed by atoms with van der Waals surface area (Å²) in [4.78, 5) is 21.3. The summed E-state index contributed by atoms with van der Waals surface area (Å²) in [7, 11) is 0. The minimum atomic E-state index is -0.303. The first-order valence-corrected chi connectivity index (χ1v) is 9.12. The molecule has 0 unspecified atom stereocenters. The van der Waals surface area contributed by atoms with Gasteiger partial charge in [-0.15, -0.1) is 0 Å². The first kappa shape index (κ1) is 17.0. The molecule has 0 aliphatic carbocycles. The van der Waals surface area contributed by atoms with E-state index in [1.807, 2.05) is 17.2 Å². The van der Waals surface area contributed by atoms with Crippen LogP contribution in [0.2, 0.25) is 0 Å². The first-order valence-electron chi connectivity index (χ1n) is 9.12. The molecular weight excluding hydrogens is 331 g/mol. The van der Waals surface area contributed by atoms with Gasteiger partial charge in [0.15, 0.2) is 0 Å². The average molecular weight is 354 g/mol. The van der Waals surface area contributed by atoms with Crippen LogP contribution in [0.5, 0.6) is 0 Å². The van der Waals surface area contributed by atoms with Crippen molar-refractivity contribution in [3.05, 3.63) is 60.2 Å². The van der Waals surface area contributed by atoms with E-state index in [4.69, 9.17) is 0 Å². The van der Waals surface area contributed by atoms with Gasteiger partial charge in [0.2, 0.25) is 0 Å². The molecule has 0 saturated carbocycles. The Bertz CT molecular complexity index is 752. The zero-order valence-electron chi connectivity index (χ0n) is 14.6. The van der Waals surface area contributed by atoms with Crippen molar-refractivity contribution in [2.24, 2.45) is 5.92 Å². The highest BCUT2D eigenvalue weighted by atomic mass is 19.1. The van der Waals surface area contributed by atoms with E-state index in [0.717, 1.165) is 39.0 Å². The molecule has 5 rings (SSSR count). The molecule has 2 atom stereocenters. The van der Waals surface area contributed by atoms with E-state index >= 15 is 0 Å². The van der Waals surface area contributed by atoms with Crippen LogP contribution in [0, 0.1) is 11.7 Å². The molecule has 5 nitrogen and oxygen atoms in total. The van der Waals surface area contributed by atoms with Crippen molar-refractivity contribution >= 4 is 11.7 Å². The van der Waals surface area contributed by atoms with Gasteiger partial charge >= 0.3 is 6.03 Å². The Balaban J connectivity index is 1.42. The Morgan fingerprint density at radius 3 is 2.77 bits per heavy atom. The lowest BCUT2D eigenvalue weighted by Crippen LogP contribution is -2.49. The van der Waals surface area contributed by atoms with Crippen LogP contribution in [0.3, 0.4) is 0 Å². The maximum atomic E-state index is 13.0. The van der Waals surface area contributed by atoms with Crippen molar-refractivity contribution < 1.29 is 9.18 Å². The number of anilines is 1. The molecule has 3 aliphatic rings. The van der Waals surface area contributed by atoms with Crippen molar-refractivity contribution in [1.82, 2.24) is 14.8 Å². The highest BCUT2D eigenvalue weighted by Crippen LogP contribution is 2.29. The maximum absolute atomic E-state index is 13.0. The van der Waals surface area contributed by atoms with Crippen LogP contribution in [0.4, 0.5) is 14.9 Å². The van der Waals surface area contributed by atoms with Gasteiger partial charge in [-0.3, -0.25) is 9.88 Å². The van der Waals surface area contributed by atoms with E-state index in [9.17, 15) is 9.18 Å². The molecule has 2 aromatic rings. The van der Waals surface area contributed by atoms with E-state index in [1.54, 1.807) is 18.3 Å². The SMILES string of the molecule is O=C(Nc1ccc(F)cc1)N1C[C@H]2CC[C@@H]1CN(Cc1cccnc1)C2. The Morgan fingerprint density at radius 2 is 2.00 bits per heavy atom. The molecule has 2 bridgehead atoms. The minimum absolute atomic E-state index is 0.0884. The third kappa shape index (κ3) is 3.85. The van der Waals surface area contributed by atoms with Crippen LogP contribution in [0.1, 0.15) is 18.4 Å². The second kappa shape index (κ2) is 7.41. The van der Waals surface area contributed by atoms with Gasteiger partial charge < -0.3 is 10.2 Å². The summed E-state index contributed by atoms with van der Waals surface area (Å²) in [5.41, 5.74) is 1.83. The molecule has 3 saturated heterocycles. The number of amides is 2. The number of urea groups is 1. The van der Waals surface area contributed by atoms with Gasteiger partial charge in [0, 0.05) is 50.3 Å². The molecule has 26 heavy (non-hydrogen) atoms. The fourth-order valence-electron chi connectivity index (χ4n) is 4.04. The molecule has 1 aromatic heterocycles. The number of nitrogens with zero attached hydrogens (tertiary/aromatic N) is 3. The quantitative estimate of drug-likeness (QED) is 0.920. The van der Waals surface area contributed by atoms with Gasteiger partial charge in [0.05, 0.1) is 0 Å². The smallest absolute Gasteiger partial charge is 0.320 e. The number of aromatic nitrogens is 1. The van der Waals surface area contributed by atoms with Crippen molar-refractivity contribution in [1.29, 1.82) is 0 Å². The number of halogens is 1. The fraction of sp³-hybridized carbons (Fsp3) is 0.400. The Hall–Kier alpha value is -2.47. The third-order valence-corrected chi connectivity index (χ3v) is 5.27. The zero-order chi connectivity index (χ0) is 17.9. The second-order valence-corrected chi connectivity index (χ2v) is 7.24. The molecule has 3 fully saturated rings. The number of fused-ring (bicyclic) bond motifs is 4. The largest absolute Gasteiger partial charge is 0.322 e. The molecule has 4 heterocycles. The molecule has 136 valence electrons. The third-order valence-electron chi connectivity index (χ3n) is 5.27. The average Bonchev–Trinajstić information content (AvgIpc) is 2.95. The zero-order valence-corrected chi connectivity index (χ0v) is 14.6. The molecular formula is C20H23FN4O. The lowest BCUT2D eigenvalue weighted by atomic mass is 9.95. The number of pyridine rings is 1. The lowest BCUT2D eigenvalue weighted by Gasteiger charge is -2.36. The standard InChI is InChI=1S/C20H23FN4O/c21-17-4-6-18(7-5-17)23-20(26)25-13-16-3-8-19(25)14-24(12-16)11-15-2-1-9-22-10-15/h1-2,4-7,9-10,16,19H,3,8,11-14H2,(H,23,26)/t16-,19+/m0/s1. The Kier molecular flexibility index (Phi) is 4.84. The molecule has 0 radical (unpaired) electrons. The van der Waals surface area contributed by atoms with Gasteiger partial charge in [-0.05, 0) is 54.7 Å². The summed E-state index contributed by atoms with van der Waals surface area (Å²) in [5.74, 6) is 0.187. The summed E-state index contributed by atoms with van der Waals surface area (Å²) in [6, 6.07) is 10.1. The molecule has 3 aliphatic heterocycles. The van der Waals surface area contributed by atoms with E-state index < -0.39 is 0 Å². The van der Waals surface area contributed by atoms with Crippen LogP contribution in [0.15, 0.2) is 48.8 Å². The van der Waals surface area contributed by atoms with Gasteiger partial charge in [0.1, 0.15) is 5.82 Å². The highest BCUT2D eigenvalue weighted by Gasteiger charge is 2.37. The van der Waals surface area contributed by atoms with Crippen molar-refractivity contribution in [2.75, 3.05) is 25.0 Å². The predicted molar refractivity (Wildman–Crippen MR) is 98.2 cm³/mol. The summed E-state index contributed by atoms with van der Waals surface area (Å²) in [6.07, 6.45) is 5.89. The molecule has 2 amide bonds. The van der Waals surface area contributed by atoms with Crippen LogP contribution in [-0.4, -0.2) is 46.5 Å². The number of hydrogen-bond donors (Lipinski definition) is 1. The van der Waals surface area contributed by atoms with Crippen LogP contribution in [0.25, 0.3) is 0 Å². The molecule has 0 spiro atoms. The van der Waals surface area contributed by atoms with E-state index in [2.05, 4.69) is 21.3 Å².